The van der Waals surface area contributed by atoms with Crippen LogP contribution in [-0.4, -0.2) is 112 Å². The van der Waals surface area contributed by atoms with Crippen LogP contribution in [0.25, 0.3) is 82.7 Å². The SMILES string of the molecule is [B]c1c([B])c([B])c(-n2c(-c3ccc(-c4c5c([B])c([B])c([B])c([B])c5c(-c5ccc6ccccc6c5)c5c([B])c([B])c([B])c([B])c45)cc3)nc3ccccc32)c([B])c1[B]. The van der Waals surface area contributed by atoms with Crippen LogP contribution >= 0.6 is 0 Å². The van der Waals surface area contributed by atoms with E-state index >= 15 is 0 Å². The highest BCUT2D eigenvalue weighted by Gasteiger charge is 2.25. The van der Waals surface area contributed by atoms with Crippen LogP contribution in [0, 0.1) is 0 Å². The zero-order chi connectivity index (χ0) is 41.1. The van der Waals surface area contributed by atoms with Crippen molar-refractivity contribution >= 4 is 216 Å². The number of hydrogen-bond donors (Lipinski definition) is 0. The van der Waals surface area contributed by atoms with E-state index in [2.05, 4.69) is 0 Å². The van der Waals surface area contributed by atoms with Gasteiger partial charge >= 0.3 is 0 Å². The first-order valence-corrected chi connectivity index (χ1v) is 18.1. The first kappa shape index (κ1) is 38.4. The average Bonchev–Trinajstić information content (AvgIpc) is 3.62. The summed E-state index contributed by atoms with van der Waals surface area (Å²) in [5, 5.41) is 4.06. The maximum Gasteiger partial charge on any atom is 0.145 e. The Balaban J connectivity index is 1.38. The van der Waals surface area contributed by atoms with Crippen LogP contribution in [0.1, 0.15) is 0 Å². The van der Waals surface area contributed by atoms with Gasteiger partial charge in [0.2, 0.25) is 0 Å². The maximum absolute atomic E-state index is 6.97. The highest BCUT2D eigenvalue weighted by molar-refractivity contribution is 6.72. The van der Waals surface area contributed by atoms with E-state index in [-0.39, 0.29) is 71.0 Å². The summed E-state index contributed by atoms with van der Waals surface area (Å²) in [4.78, 5) is 4.99. The van der Waals surface area contributed by atoms with Crippen LogP contribution in [0.2, 0.25) is 0 Å². The Morgan fingerprint density at radius 1 is 0.345 bits per heavy atom. The van der Waals surface area contributed by atoms with Crippen molar-refractivity contribution in [2.24, 2.45) is 0 Å². The largest absolute Gasteiger partial charge is 0.294 e. The lowest BCUT2D eigenvalue weighted by Gasteiger charge is -2.28. The van der Waals surface area contributed by atoms with E-state index in [9.17, 15) is 0 Å². The molecule has 0 unspecified atom stereocenters. The Morgan fingerprint density at radius 3 is 1.28 bits per heavy atom. The number of aromatic nitrogens is 2. The van der Waals surface area contributed by atoms with Gasteiger partial charge in [0.15, 0.2) is 0 Å². The van der Waals surface area contributed by atoms with Crippen molar-refractivity contribution in [1.29, 1.82) is 0 Å². The Hall–Kier alpha value is -5.15. The monoisotopic (exact) mass is 702 g/mol. The number of nitrogens with zero attached hydrogens (tertiary/aromatic N) is 2. The molecule has 1 heterocycles. The Bertz CT molecular complexity index is 3160. The molecule has 0 atom stereocenters. The lowest BCUT2D eigenvalue weighted by molar-refractivity contribution is 1.12. The van der Waals surface area contributed by atoms with Crippen molar-refractivity contribution in [2.45, 2.75) is 0 Å². The van der Waals surface area contributed by atoms with E-state index < -0.39 is 0 Å². The number of benzene rings is 8. The summed E-state index contributed by atoms with van der Waals surface area (Å²) >= 11 is 0. The molecule has 0 aliphatic rings. The summed E-state index contributed by atoms with van der Waals surface area (Å²) in [6.45, 7) is 0. The molecule has 9 aromatic rings. The molecule has 8 aromatic carbocycles. The van der Waals surface area contributed by atoms with Gasteiger partial charge < -0.3 is 0 Å². The van der Waals surface area contributed by atoms with E-state index in [1.165, 1.54) is 0 Å². The zero-order valence-electron chi connectivity index (χ0n) is 31.1. The average molecular weight is 700 g/mol. The van der Waals surface area contributed by atoms with Crippen LogP contribution in [0.5, 0.6) is 0 Å². The Labute approximate surface area is 354 Å². The minimum Gasteiger partial charge on any atom is -0.294 e. The second-order valence-electron chi connectivity index (χ2n) is 14.4. The number of hydrogen-bond acceptors (Lipinski definition) is 1. The molecule has 0 aliphatic heterocycles. The van der Waals surface area contributed by atoms with Gasteiger partial charge in [-0.05, 0) is 72.8 Å². The van der Waals surface area contributed by atoms with Gasteiger partial charge in [-0.1, -0.05) is 106 Å². The van der Waals surface area contributed by atoms with Gasteiger partial charge in [-0.3, -0.25) is 4.57 Å². The number of rotatable bonds is 4. The predicted molar refractivity (Wildman–Crippen MR) is 260 cm³/mol. The molecule has 0 amide bonds. The first-order valence-electron chi connectivity index (χ1n) is 18.1. The predicted octanol–water partition coefficient (Wildman–Crippen LogP) is -4.19. The fourth-order valence-corrected chi connectivity index (χ4v) is 8.18. The lowest BCUT2D eigenvalue weighted by Crippen LogP contribution is -2.56. The maximum atomic E-state index is 6.97. The molecule has 0 aliphatic carbocycles. The number of fused-ring (bicyclic) bond motifs is 4. The summed E-state index contributed by atoms with van der Waals surface area (Å²) in [6, 6.07) is 29.1. The molecular weight excluding hydrogens is 685 g/mol. The molecule has 0 N–H and O–H groups in total. The van der Waals surface area contributed by atoms with Crippen LogP contribution in [0.4, 0.5) is 0 Å². The first-order chi connectivity index (χ1) is 27.7. The van der Waals surface area contributed by atoms with Crippen LogP contribution in [0.15, 0.2) is 91.0 Å². The highest BCUT2D eigenvalue weighted by atomic mass is 15.1. The van der Waals surface area contributed by atoms with Crippen molar-refractivity contribution in [3.63, 3.8) is 0 Å². The van der Waals surface area contributed by atoms with Gasteiger partial charge in [0.05, 0.1) is 11.0 Å². The molecule has 1 aromatic heterocycles. The smallest absolute Gasteiger partial charge is 0.145 e. The molecule has 26 radical (unpaired) electrons. The van der Waals surface area contributed by atoms with Crippen molar-refractivity contribution < 1.29 is 0 Å². The normalized spacial score (nSPS) is 11.7. The standard InChI is InChI=1S/C43H15B13N2/c44-29-25-23(17-10-12-18(13-11-17)43-57-21-7-3-4-8-22(21)58(43)42-40(55)38(53)37(52)39(54)41(42)56)26-28(32(47)36(51)34(49)30(26)45)24(27(25)31(46)35(50)33(29)48)20-14-9-16-5-1-2-6-19(16)15-20/h1-15H. The summed E-state index contributed by atoms with van der Waals surface area (Å²) in [5.74, 6) is 0.498. The molecule has 9 rings (SSSR count). The summed E-state index contributed by atoms with van der Waals surface area (Å²) in [7, 11) is 86.2. The molecule has 0 saturated carbocycles. The van der Waals surface area contributed by atoms with Gasteiger partial charge in [-0.15, -0.1) is 38.2 Å². The van der Waals surface area contributed by atoms with E-state index in [4.69, 9.17) is 107 Å². The topological polar surface area (TPSA) is 17.8 Å². The fraction of sp³-hybridized carbons (Fsp3) is 0. The molecule has 0 saturated heterocycles. The van der Waals surface area contributed by atoms with E-state index in [1.807, 2.05) is 95.6 Å². The molecule has 236 valence electrons. The van der Waals surface area contributed by atoms with Gasteiger partial charge in [0, 0.05) is 11.3 Å². The Kier molecular flexibility index (Phi) is 9.27. The minimum absolute atomic E-state index is 0.102. The second-order valence-corrected chi connectivity index (χ2v) is 14.4. The lowest BCUT2D eigenvalue weighted by atomic mass is 9.59. The van der Waals surface area contributed by atoms with Crippen LogP contribution in [0.3, 0.4) is 0 Å². The van der Waals surface area contributed by atoms with Crippen LogP contribution in [-0.2, 0) is 0 Å². The molecule has 58 heavy (non-hydrogen) atoms. The third kappa shape index (κ3) is 5.48. The quantitative estimate of drug-likeness (QED) is 0.135. The van der Waals surface area contributed by atoms with Gasteiger partial charge in [-0.2, -0.15) is 0 Å². The molecule has 0 fully saturated rings. The van der Waals surface area contributed by atoms with E-state index in [0.717, 1.165) is 16.3 Å². The molecule has 2 nitrogen and oxygen atoms in total. The zero-order valence-corrected chi connectivity index (χ0v) is 31.1. The molecule has 0 bridgehead atoms. The number of imidazole rings is 1. The van der Waals surface area contributed by atoms with Crippen molar-refractivity contribution in [3.05, 3.63) is 91.0 Å². The second kappa shape index (κ2) is 14.0. The van der Waals surface area contributed by atoms with Crippen molar-refractivity contribution in [1.82, 2.24) is 9.55 Å². The minimum atomic E-state index is 0.102. The highest BCUT2D eigenvalue weighted by Crippen LogP contribution is 2.42. The van der Waals surface area contributed by atoms with Gasteiger partial charge in [0.25, 0.3) is 0 Å². The molecular formula is C43H15B13N2. The van der Waals surface area contributed by atoms with Crippen LogP contribution < -0.4 is 71.0 Å². The van der Waals surface area contributed by atoms with Crippen molar-refractivity contribution in [2.75, 3.05) is 0 Å². The summed E-state index contributed by atoms with van der Waals surface area (Å²) in [6.07, 6.45) is 0. The van der Waals surface area contributed by atoms with Gasteiger partial charge in [0.1, 0.15) is 108 Å². The third-order valence-electron chi connectivity index (χ3n) is 11.2. The fourth-order valence-electron chi connectivity index (χ4n) is 8.18. The molecule has 15 heteroatoms. The van der Waals surface area contributed by atoms with Crippen molar-refractivity contribution in [3.8, 4) is 39.3 Å². The number of para-hydroxylation sites is 2. The molecule has 0 spiro atoms. The van der Waals surface area contributed by atoms with E-state index in [1.54, 1.807) is 0 Å². The third-order valence-corrected chi connectivity index (χ3v) is 11.2. The summed E-state index contributed by atoms with van der Waals surface area (Å²) in [5.41, 5.74) is 6.98. The van der Waals surface area contributed by atoms with Gasteiger partial charge in [-0.25, -0.2) is 4.98 Å². The Morgan fingerprint density at radius 2 is 0.741 bits per heavy atom. The summed E-state index contributed by atoms with van der Waals surface area (Å²) < 4.78 is 1.81. The van der Waals surface area contributed by atoms with E-state index in [0.29, 0.717) is 66.3 Å².